The van der Waals surface area contributed by atoms with Crippen molar-refractivity contribution in [1.29, 1.82) is 0 Å². The van der Waals surface area contributed by atoms with Gasteiger partial charge in [0.1, 0.15) is 0 Å². The molecule has 0 bridgehead atoms. The molecular weight excluding hydrogens is 703 g/mol. The molecule has 11 rings (SSSR count). The molecule has 0 amide bonds. The highest BCUT2D eigenvalue weighted by Gasteiger charge is 2.36. The molecule has 0 atom stereocenters. The van der Waals surface area contributed by atoms with E-state index in [2.05, 4.69) is 241 Å². The standard InChI is InChI=1S/C55H41N3/c1-55(2)49-32-31-44(35-48(49)47-33-38-19-15-16-20-39(38)34-50(47)55)56(40-21-7-3-8-22-40)45-36-52(57(41-23-9-4-10-24-41)42-25-11-5-12-26-42)54-46-29-17-18-30-51(46)58(53(54)37-45)43-27-13-6-14-28-43/h3-37H,1-2H3. The van der Waals surface area contributed by atoms with Gasteiger partial charge in [-0.25, -0.2) is 0 Å². The summed E-state index contributed by atoms with van der Waals surface area (Å²) in [5, 5.41) is 4.94. The lowest BCUT2D eigenvalue weighted by atomic mass is 9.82. The Kier molecular flexibility index (Phi) is 7.84. The second-order valence-corrected chi connectivity index (χ2v) is 15.8. The fourth-order valence-electron chi connectivity index (χ4n) is 9.39. The summed E-state index contributed by atoms with van der Waals surface area (Å²) >= 11 is 0. The molecule has 1 aliphatic carbocycles. The summed E-state index contributed by atoms with van der Waals surface area (Å²) in [4.78, 5) is 4.86. The molecule has 0 aliphatic heterocycles. The second-order valence-electron chi connectivity index (χ2n) is 15.8. The quantitative estimate of drug-likeness (QED) is 0.161. The number of rotatable bonds is 7. The van der Waals surface area contributed by atoms with Crippen molar-refractivity contribution in [3.63, 3.8) is 0 Å². The fourth-order valence-corrected chi connectivity index (χ4v) is 9.39. The third kappa shape index (κ3) is 5.35. The summed E-state index contributed by atoms with van der Waals surface area (Å²) < 4.78 is 2.43. The summed E-state index contributed by atoms with van der Waals surface area (Å²) in [6.45, 7) is 4.73. The van der Waals surface area contributed by atoms with Crippen molar-refractivity contribution in [3.8, 4) is 16.8 Å². The first-order valence-corrected chi connectivity index (χ1v) is 20.1. The van der Waals surface area contributed by atoms with Crippen LogP contribution in [0.3, 0.4) is 0 Å². The summed E-state index contributed by atoms with van der Waals surface area (Å²) in [5.41, 5.74) is 15.2. The van der Waals surface area contributed by atoms with E-state index in [1.165, 1.54) is 43.8 Å². The third-order valence-electron chi connectivity index (χ3n) is 12.1. The molecular formula is C55H41N3. The molecule has 9 aromatic carbocycles. The van der Waals surface area contributed by atoms with Crippen LogP contribution in [0, 0.1) is 0 Å². The van der Waals surface area contributed by atoms with E-state index in [1.807, 2.05) is 0 Å². The van der Waals surface area contributed by atoms with Crippen LogP contribution in [0.25, 0.3) is 49.4 Å². The Morgan fingerprint density at radius 2 is 0.914 bits per heavy atom. The molecule has 0 N–H and O–H groups in total. The largest absolute Gasteiger partial charge is 0.310 e. The van der Waals surface area contributed by atoms with Gasteiger partial charge in [0.05, 0.1) is 22.4 Å². The zero-order valence-electron chi connectivity index (χ0n) is 32.5. The maximum atomic E-state index is 2.44. The van der Waals surface area contributed by atoms with Gasteiger partial charge in [-0.3, -0.25) is 0 Å². The summed E-state index contributed by atoms with van der Waals surface area (Å²) in [5.74, 6) is 0. The highest BCUT2D eigenvalue weighted by Crippen LogP contribution is 2.53. The van der Waals surface area contributed by atoms with E-state index in [0.29, 0.717) is 0 Å². The van der Waals surface area contributed by atoms with Gasteiger partial charge >= 0.3 is 0 Å². The van der Waals surface area contributed by atoms with E-state index >= 15 is 0 Å². The first-order valence-electron chi connectivity index (χ1n) is 20.1. The monoisotopic (exact) mass is 743 g/mol. The summed E-state index contributed by atoms with van der Waals surface area (Å²) in [6.07, 6.45) is 0. The van der Waals surface area contributed by atoms with Crippen molar-refractivity contribution in [2.45, 2.75) is 19.3 Å². The molecule has 58 heavy (non-hydrogen) atoms. The summed E-state index contributed by atoms with van der Waals surface area (Å²) in [6, 6.07) is 77.4. The molecule has 0 unspecified atom stereocenters. The van der Waals surface area contributed by atoms with Crippen molar-refractivity contribution < 1.29 is 0 Å². The Hall–Kier alpha value is -7.36. The van der Waals surface area contributed by atoms with Gasteiger partial charge in [-0.05, 0) is 124 Å². The molecule has 1 aliphatic rings. The minimum atomic E-state index is -0.126. The van der Waals surface area contributed by atoms with E-state index < -0.39 is 0 Å². The van der Waals surface area contributed by atoms with Crippen molar-refractivity contribution in [3.05, 3.63) is 223 Å². The molecule has 0 radical (unpaired) electrons. The molecule has 10 aromatic rings. The lowest BCUT2D eigenvalue weighted by Gasteiger charge is -2.31. The number of hydrogen-bond donors (Lipinski definition) is 0. The zero-order chi connectivity index (χ0) is 38.8. The highest BCUT2D eigenvalue weighted by atomic mass is 15.2. The van der Waals surface area contributed by atoms with Gasteiger partial charge in [0, 0.05) is 44.6 Å². The molecule has 0 fully saturated rings. The number of aromatic nitrogens is 1. The van der Waals surface area contributed by atoms with Gasteiger partial charge < -0.3 is 14.4 Å². The molecule has 0 saturated carbocycles. The van der Waals surface area contributed by atoms with Crippen LogP contribution in [0.1, 0.15) is 25.0 Å². The number of anilines is 6. The molecule has 0 saturated heterocycles. The first-order chi connectivity index (χ1) is 28.5. The van der Waals surface area contributed by atoms with Crippen LogP contribution in [-0.4, -0.2) is 4.57 Å². The van der Waals surface area contributed by atoms with E-state index in [1.54, 1.807) is 0 Å². The average Bonchev–Trinajstić information content (AvgIpc) is 3.72. The van der Waals surface area contributed by atoms with Crippen molar-refractivity contribution in [2.24, 2.45) is 0 Å². The Morgan fingerprint density at radius 1 is 0.379 bits per heavy atom. The first kappa shape index (κ1) is 33.9. The molecule has 276 valence electrons. The van der Waals surface area contributed by atoms with E-state index in [9.17, 15) is 0 Å². The van der Waals surface area contributed by atoms with Gasteiger partial charge in [0.15, 0.2) is 0 Å². The van der Waals surface area contributed by atoms with Crippen LogP contribution in [0.5, 0.6) is 0 Å². The van der Waals surface area contributed by atoms with Crippen LogP contribution in [0.4, 0.5) is 34.1 Å². The van der Waals surface area contributed by atoms with E-state index in [0.717, 1.165) is 50.8 Å². The Bertz CT molecular complexity index is 3090. The molecule has 1 aromatic heterocycles. The Balaban J connectivity index is 1.23. The van der Waals surface area contributed by atoms with Crippen LogP contribution >= 0.6 is 0 Å². The third-order valence-corrected chi connectivity index (χ3v) is 12.1. The van der Waals surface area contributed by atoms with E-state index in [-0.39, 0.29) is 5.41 Å². The Labute approximate surface area is 339 Å². The molecule has 3 heteroatoms. The van der Waals surface area contributed by atoms with Gasteiger partial charge in [0.2, 0.25) is 0 Å². The lowest BCUT2D eigenvalue weighted by Crippen LogP contribution is -2.16. The van der Waals surface area contributed by atoms with Crippen molar-refractivity contribution in [2.75, 3.05) is 9.80 Å². The minimum Gasteiger partial charge on any atom is -0.310 e. The van der Waals surface area contributed by atoms with Gasteiger partial charge in [-0.2, -0.15) is 0 Å². The highest BCUT2D eigenvalue weighted by molar-refractivity contribution is 6.18. The minimum absolute atomic E-state index is 0.126. The number of fused-ring (bicyclic) bond motifs is 7. The topological polar surface area (TPSA) is 11.4 Å². The van der Waals surface area contributed by atoms with Crippen LogP contribution < -0.4 is 9.80 Å². The lowest BCUT2D eigenvalue weighted by molar-refractivity contribution is 0.661. The van der Waals surface area contributed by atoms with Crippen molar-refractivity contribution >= 4 is 66.7 Å². The van der Waals surface area contributed by atoms with Crippen molar-refractivity contribution in [1.82, 2.24) is 4.57 Å². The smallest absolute Gasteiger partial charge is 0.0583 e. The molecule has 3 nitrogen and oxygen atoms in total. The number of nitrogens with zero attached hydrogens (tertiary/aromatic N) is 3. The zero-order valence-corrected chi connectivity index (χ0v) is 32.5. The average molecular weight is 744 g/mol. The fraction of sp³-hybridized carbons (Fsp3) is 0.0545. The normalized spacial score (nSPS) is 12.8. The van der Waals surface area contributed by atoms with Crippen LogP contribution in [0.15, 0.2) is 212 Å². The van der Waals surface area contributed by atoms with Gasteiger partial charge in [-0.1, -0.05) is 135 Å². The number of benzene rings is 9. The Morgan fingerprint density at radius 3 is 1.57 bits per heavy atom. The van der Waals surface area contributed by atoms with Gasteiger partial charge in [-0.15, -0.1) is 0 Å². The van der Waals surface area contributed by atoms with Crippen LogP contribution in [-0.2, 0) is 5.41 Å². The molecule has 0 spiro atoms. The maximum Gasteiger partial charge on any atom is 0.0583 e. The van der Waals surface area contributed by atoms with Crippen LogP contribution in [0.2, 0.25) is 0 Å². The molecule has 1 heterocycles. The predicted octanol–water partition coefficient (Wildman–Crippen LogP) is 15.2. The number of para-hydroxylation sites is 5. The maximum absolute atomic E-state index is 2.44. The second kappa shape index (κ2) is 13.4. The SMILES string of the molecule is CC1(C)c2ccc(N(c3ccccc3)c3cc(N(c4ccccc4)c4ccccc4)c4c5ccccc5n(-c5ccccc5)c4c3)cc2-c2cc3ccccc3cc21. The summed E-state index contributed by atoms with van der Waals surface area (Å²) in [7, 11) is 0. The predicted molar refractivity (Wildman–Crippen MR) is 245 cm³/mol. The van der Waals surface area contributed by atoms with Gasteiger partial charge in [0.25, 0.3) is 0 Å². The van der Waals surface area contributed by atoms with E-state index in [4.69, 9.17) is 0 Å². The number of hydrogen-bond acceptors (Lipinski definition) is 2.